The summed E-state index contributed by atoms with van der Waals surface area (Å²) in [6, 6.07) is 58.3. The monoisotopic (exact) mass is 597 g/mol. The molecule has 200 valence electrons. The second-order valence-corrected chi connectivity index (χ2v) is 13.7. The fourth-order valence-electron chi connectivity index (χ4n) is 4.71. The zero-order valence-electron chi connectivity index (χ0n) is 22.5. The minimum Gasteiger partial charge on any atom is -0.334 e. The fourth-order valence-corrected chi connectivity index (χ4v) is 9.58. The van der Waals surface area contributed by atoms with Gasteiger partial charge in [0.1, 0.15) is 0 Å². The van der Waals surface area contributed by atoms with Gasteiger partial charge in [0.2, 0.25) is 0 Å². The van der Waals surface area contributed by atoms with Crippen LogP contribution in [0, 0.1) is 0 Å². The van der Waals surface area contributed by atoms with Crippen LogP contribution in [0.4, 0.5) is 0 Å². The summed E-state index contributed by atoms with van der Waals surface area (Å²) in [5, 5.41) is 8.34. The van der Waals surface area contributed by atoms with Crippen molar-refractivity contribution in [2.75, 3.05) is 0 Å². The Labute approximate surface area is 251 Å². The summed E-state index contributed by atoms with van der Waals surface area (Å²) in [7, 11) is -0.951. The van der Waals surface area contributed by atoms with Gasteiger partial charge in [-0.1, -0.05) is 136 Å². The van der Waals surface area contributed by atoms with E-state index in [4.69, 9.17) is 5.73 Å². The van der Waals surface area contributed by atoms with Crippen molar-refractivity contribution in [3.8, 4) is 0 Å². The minimum absolute atomic E-state index is 0. The summed E-state index contributed by atoms with van der Waals surface area (Å²) in [5.41, 5.74) is 7.42. The van der Waals surface area contributed by atoms with E-state index in [1.165, 1.54) is 37.4 Å². The summed E-state index contributed by atoms with van der Waals surface area (Å²) in [6.07, 6.45) is 0. The SMILES string of the molecule is CC(N)[c-]1cccc1P(c1ccccc1)c1ccccc1.[Fe+2].c1ccc(P(c2ccccc2)[c-]2cccc2)cc1. The Morgan fingerprint density at radius 1 is 0.500 bits per heavy atom. The second kappa shape index (κ2) is 15.1. The van der Waals surface area contributed by atoms with E-state index in [-0.39, 0.29) is 23.1 Å². The van der Waals surface area contributed by atoms with E-state index in [1.807, 2.05) is 0 Å². The molecule has 2 N–H and O–H groups in total. The molecule has 0 radical (unpaired) electrons. The van der Waals surface area contributed by atoms with Crippen LogP contribution in [0.25, 0.3) is 0 Å². The van der Waals surface area contributed by atoms with Crippen LogP contribution < -0.4 is 37.6 Å². The first-order valence-electron chi connectivity index (χ1n) is 13.3. The van der Waals surface area contributed by atoms with Crippen LogP contribution in [0.5, 0.6) is 0 Å². The summed E-state index contributed by atoms with van der Waals surface area (Å²) < 4.78 is 0. The van der Waals surface area contributed by atoms with Gasteiger partial charge in [0.05, 0.1) is 0 Å². The molecule has 0 heterocycles. The summed E-state index contributed by atoms with van der Waals surface area (Å²) >= 11 is 0. The molecule has 1 atom stereocenters. The molecule has 0 aliphatic heterocycles. The van der Waals surface area contributed by atoms with Gasteiger partial charge in [0, 0.05) is 0 Å². The molecule has 4 heteroatoms. The topological polar surface area (TPSA) is 26.0 Å². The first-order chi connectivity index (χ1) is 19.2. The molecule has 6 aromatic rings. The maximum absolute atomic E-state index is 6.16. The number of hydrogen-bond donors (Lipinski definition) is 1. The van der Waals surface area contributed by atoms with E-state index < -0.39 is 15.8 Å². The predicted molar refractivity (Wildman–Crippen MR) is 174 cm³/mol. The Balaban J connectivity index is 0.000000182. The van der Waals surface area contributed by atoms with Crippen molar-refractivity contribution in [3.63, 3.8) is 0 Å². The third kappa shape index (κ3) is 7.35. The van der Waals surface area contributed by atoms with Gasteiger partial charge in [-0.15, -0.1) is 16.2 Å². The smallest absolute Gasteiger partial charge is 0.334 e. The average Bonchev–Trinajstić information content (AvgIpc) is 3.70. The molecule has 0 aliphatic carbocycles. The van der Waals surface area contributed by atoms with Gasteiger partial charge in [0.15, 0.2) is 0 Å². The Morgan fingerprint density at radius 3 is 1.30 bits per heavy atom. The van der Waals surface area contributed by atoms with E-state index in [2.05, 4.69) is 171 Å². The van der Waals surface area contributed by atoms with Crippen LogP contribution in [-0.4, -0.2) is 0 Å². The van der Waals surface area contributed by atoms with Gasteiger partial charge >= 0.3 is 17.1 Å². The van der Waals surface area contributed by atoms with Gasteiger partial charge < -0.3 is 5.73 Å². The number of rotatable bonds is 7. The van der Waals surface area contributed by atoms with Crippen molar-refractivity contribution in [2.45, 2.75) is 13.0 Å². The van der Waals surface area contributed by atoms with Crippen molar-refractivity contribution in [1.29, 1.82) is 0 Å². The molecular formula is C36H33FeNP2. The van der Waals surface area contributed by atoms with E-state index in [0.29, 0.717) is 0 Å². The average molecular weight is 597 g/mol. The van der Waals surface area contributed by atoms with Crippen LogP contribution in [-0.2, 0) is 17.1 Å². The first-order valence-corrected chi connectivity index (χ1v) is 15.9. The molecule has 0 spiro atoms. The molecule has 0 fully saturated rings. The standard InChI is InChI=1S/C19H19NP.C17H14P.Fe/c1-15(20)18-13-8-14-19(18)21(16-9-4-2-5-10-16)17-11-6-3-7-12-17;1-3-9-15(10-4-1)18(17-13-7-8-14-17)16-11-5-2-6-12-16;/h2-15H,20H2,1H3;1-14H;/q2*-1;+2. The normalized spacial score (nSPS) is 11.4. The van der Waals surface area contributed by atoms with Crippen LogP contribution in [0.15, 0.2) is 164 Å². The molecule has 0 amide bonds. The minimum atomic E-state index is -0.542. The number of nitrogens with two attached hydrogens (primary N) is 1. The molecule has 0 bridgehead atoms. The third-order valence-electron chi connectivity index (χ3n) is 6.52. The summed E-state index contributed by atoms with van der Waals surface area (Å²) in [6.45, 7) is 2.06. The van der Waals surface area contributed by atoms with Crippen molar-refractivity contribution >= 4 is 47.7 Å². The maximum atomic E-state index is 6.16. The third-order valence-corrected chi connectivity index (χ3v) is 11.5. The zero-order chi connectivity index (χ0) is 26.9. The molecule has 0 aromatic heterocycles. The van der Waals surface area contributed by atoms with Crippen molar-refractivity contribution in [1.82, 2.24) is 0 Å². The van der Waals surface area contributed by atoms with Crippen molar-refractivity contribution < 1.29 is 17.1 Å². The van der Waals surface area contributed by atoms with Crippen LogP contribution in [0.2, 0.25) is 0 Å². The Kier molecular flexibility index (Phi) is 11.3. The molecule has 0 aliphatic rings. The fraction of sp³-hybridized carbons (Fsp3) is 0.0556. The Bertz CT molecular complexity index is 1430. The van der Waals surface area contributed by atoms with Gasteiger partial charge in [-0.3, -0.25) is 0 Å². The van der Waals surface area contributed by atoms with Gasteiger partial charge in [-0.2, -0.15) is 18.2 Å². The molecule has 1 nitrogen and oxygen atoms in total. The number of benzene rings is 4. The Hall–Kier alpha value is -3.08. The van der Waals surface area contributed by atoms with E-state index in [0.717, 1.165) is 0 Å². The van der Waals surface area contributed by atoms with E-state index in [9.17, 15) is 0 Å². The molecule has 6 aromatic carbocycles. The van der Waals surface area contributed by atoms with E-state index >= 15 is 0 Å². The zero-order valence-corrected chi connectivity index (χ0v) is 25.4. The Morgan fingerprint density at radius 2 is 0.900 bits per heavy atom. The summed E-state index contributed by atoms with van der Waals surface area (Å²) in [4.78, 5) is 0. The van der Waals surface area contributed by atoms with Gasteiger partial charge in [0.25, 0.3) is 0 Å². The largest absolute Gasteiger partial charge is 2.00 e. The van der Waals surface area contributed by atoms with E-state index in [1.54, 1.807) is 0 Å². The number of hydrogen-bond acceptors (Lipinski definition) is 1. The van der Waals surface area contributed by atoms with Gasteiger partial charge in [-0.25, -0.2) is 24.3 Å². The summed E-state index contributed by atoms with van der Waals surface area (Å²) in [5.74, 6) is 0. The first kappa shape index (κ1) is 29.9. The van der Waals surface area contributed by atoms with Gasteiger partial charge in [-0.05, 0) is 35.2 Å². The molecule has 0 saturated carbocycles. The predicted octanol–water partition coefficient (Wildman–Crippen LogP) is 6.34. The quantitative estimate of drug-likeness (QED) is 0.130. The molecular weight excluding hydrogens is 564 g/mol. The molecule has 1 unspecified atom stereocenters. The van der Waals surface area contributed by atoms with Crippen molar-refractivity contribution in [2.24, 2.45) is 5.73 Å². The maximum Gasteiger partial charge on any atom is 2.00 e. The van der Waals surface area contributed by atoms with Crippen LogP contribution >= 0.6 is 15.8 Å². The molecule has 40 heavy (non-hydrogen) atoms. The molecule has 0 saturated heterocycles. The molecule has 6 rings (SSSR count). The van der Waals surface area contributed by atoms with Crippen molar-refractivity contribution in [3.05, 3.63) is 169 Å². The second-order valence-electron chi connectivity index (χ2n) is 9.31. The van der Waals surface area contributed by atoms with Crippen LogP contribution in [0.1, 0.15) is 18.5 Å². The van der Waals surface area contributed by atoms with Crippen LogP contribution in [0.3, 0.4) is 0 Å².